The van der Waals surface area contributed by atoms with Crippen LogP contribution in [-0.4, -0.2) is 27.8 Å². The maximum Gasteiger partial charge on any atom is 0.309 e. The van der Waals surface area contributed by atoms with Gasteiger partial charge in [-0.15, -0.1) is 0 Å². The zero-order valence-corrected chi connectivity index (χ0v) is 11.6. The number of carbonyl (C=O) groups excluding carboxylic acids is 1. The summed E-state index contributed by atoms with van der Waals surface area (Å²) in [5, 5.41) is 7.18. The van der Waals surface area contributed by atoms with Gasteiger partial charge in [0.05, 0.1) is 12.5 Å². The van der Waals surface area contributed by atoms with E-state index in [1.165, 1.54) is 5.56 Å². The molecule has 20 heavy (non-hydrogen) atoms. The number of hydrogen-bond donors (Lipinski definition) is 1. The molecular formula is C15H17N3O2. The second-order valence-corrected chi connectivity index (χ2v) is 5.11. The second kappa shape index (κ2) is 5.07. The Balaban J connectivity index is 1.74. The van der Waals surface area contributed by atoms with Gasteiger partial charge in [-0.1, -0.05) is 23.8 Å². The van der Waals surface area contributed by atoms with Crippen LogP contribution < -0.4 is 0 Å². The summed E-state index contributed by atoms with van der Waals surface area (Å²) in [6.07, 6.45) is 0.793. The fourth-order valence-electron chi connectivity index (χ4n) is 2.36. The molecular weight excluding hydrogens is 254 g/mol. The molecule has 3 rings (SSSR count). The lowest BCUT2D eigenvalue weighted by atomic mass is 10.1. The molecule has 2 atom stereocenters. The van der Waals surface area contributed by atoms with Gasteiger partial charge in [-0.3, -0.25) is 9.89 Å². The van der Waals surface area contributed by atoms with Gasteiger partial charge in [0.2, 0.25) is 0 Å². The third-order valence-corrected chi connectivity index (χ3v) is 3.51. The first-order valence-corrected chi connectivity index (χ1v) is 6.85. The van der Waals surface area contributed by atoms with Crippen molar-refractivity contribution in [2.24, 2.45) is 5.92 Å². The summed E-state index contributed by atoms with van der Waals surface area (Å²) in [4.78, 5) is 16.1. The molecule has 1 aliphatic carbocycles. The van der Waals surface area contributed by atoms with E-state index in [9.17, 15) is 4.79 Å². The van der Waals surface area contributed by atoms with E-state index in [1.807, 2.05) is 38.1 Å². The Morgan fingerprint density at radius 2 is 2.35 bits per heavy atom. The van der Waals surface area contributed by atoms with Crippen molar-refractivity contribution in [2.75, 3.05) is 6.61 Å². The van der Waals surface area contributed by atoms with Crippen molar-refractivity contribution in [3.63, 3.8) is 0 Å². The molecule has 1 fully saturated rings. The standard InChI is InChI=1S/C15H17N3O2/c1-3-20-15(19)12-8-11(12)14-16-13(17-18-14)10-6-4-5-9(2)7-10/h4-7,11-12H,3,8H2,1-2H3,(H,16,17,18)/t11-,12-/m1/s1. The molecule has 0 spiro atoms. The zero-order valence-electron chi connectivity index (χ0n) is 11.6. The molecule has 5 heteroatoms. The smallest absolute Gasteiger partial charge is 0.309 e. The number of aromatic amines is 1. The van der Waals surface area contributed by atoms with Crippen LogP contribution in [-0.2, 0) is 9.53 Å². The van der Waals surface area contributed by atoms with Crippen LogP contribution in [0.2, 0.25) is 0 Å². The van der Waals surface area contributed by atoms with Gasteiger partial charge >= 0.3 is 5.97 Å². The Labute approximate surface area is 117 Å². The molecule has 0 radical (unpaired) electrons. The van der Waals surface area contributed by atoms with Crippen molar-refractivity contribution in [2.45, 2.75) is 26.2 Å². The van der Waals surface area contributed by atoms with Crippen LogP contribution in [0.25, 0.3) is 11.4 Å². The van der Waals surface area contributed by atoms with Crippen LogP contribution in [0.4, 0.5) is 0 Å². The molecule has 0 aliphatic heterocycles. The van der Waals surface area contributed by atoms with Crippen LogP contribution in [0, 0.1) is 12.8 Å². The Hall–Kier alpha value is -2.17. The van der Waals surface area contributed by atoms with E-state index in [0.717, 1.165) is 17.8 Å². The van der Waals surface area contributed by atoms with Gasteiger partial charge in [-0.05, 0) is 26.3 Å². The normalized spacial score (nSPS) is 20.7. The summed E-state index contributed by atoms with van der Waals surface area (Å²) in [6, 6.07) is 8.05. The maximum absolute atomic E-state index is 11.6. The minimum Gasteiger partial charge on any atom is -0.466 e. The molecule has 1 saturated carbocycles. The van der Waals surface area contributed by atoms with Gasteiger partial charge in [-0.25, -0.2) is 4.98 Å². The SMILES string of the molecule is CCOC(=O)[C@@H]1C[C@H]1c1nc(-c2cccc(C)c2)n[nH]1. The van der Waals surface area contributed by atoms with Gasteiger partial charge in [0, 0.05) is 11.5 Å². The molecule has 0 amide bonds. The third kappa shape index (κ3) is 2.43. The summed E-state index contributed by atoms with van der Waals surface area (Å²) in [5.74, 6) is 1.39. The molecule has 104 valence electrons. The van der Waals surface area contributed by atoms with E-state index >= 15 is 0 Å². The molecule has 1 aromatic carbocycles. The van der Waals surface area contributed by atoms with Crippen LogP contribution in [0.3, 0.4) is 0 Å². The number of ether oxygens (including phenoxy) is 1. The lowest BCUT2D eigenvalue weighted by Gasteiger charge is -1.98. The predicted octanol–water partition coefficient (Wildman–Crippen LogP) is 2.45. The van der Waals surface area contributed by atoms with Crippen LogP contribution in [0.5, 0.6) is 0 Å². The number of rotatable bonds is 4. The minimum atomic E-state index is -0.133. The summed E-state index contributed by atoms with van der Waals surface area (Å²) in [5.41, 5.74) is 2.16. The largest absolute Gasteiger partial charge is 0.466 e. The van der Waals surface area contributed by atoms with Crippen LogP contribution in [0.1, 0.15) is 30.7 Å². The van der Waals surface area contributed by atoms with E-state index in [1.54, 1.807) is 0 Å². The molecule has 0 saturated heterocycles. The molecule has 1 heterocycles. The number of H-pyrrole nitrogens is 1. The molecule has 1 N–H and O–H groups in total. The molecule has 5 nitrogen and oxygen atoms in total. The quantitative estimate of drug-likeness (QED) is 0.867. The summed E-state index contributed by atoms with van der Waals surface area (Å²) in [6.45, 7) is 4.28. The van der Waals surface area contributed by atoms with Gasteiger partial charge in [0.15, 0.2) is 5.82 Å². The first-order chi connectivity index (χ1) is 9.69. The van der Waals surface area contributed by atoms with E-state index in [0.29, 0.717) is 12.4 Å². The lowest BCUT2D eigenvalue weighted by molar-refractivity contribution is -0.144. The molecule has 0 bridgehead atoms. The van der Waals surface area contributed by atoms with Crippen molar-refractivity contribution in [3.8, 4) is 11.4 Å². The highest BCUT2D eigenvalue weighted by Crippen LogP contribution is 2.46. The van der Waals surface area contributed by atoms with Gasteiger partial charge in [0.25, 0.3) is 0 Å². The fourth-order valence-corrected chi connectivity index (χ4v) is 2.36. The Morgan fingerprint density at radius 1 is 1.50 bits per heavy atom. The predicted molar refractivity (Wildman–Crippen MR) is 74.0 cm³/mol. The Bertz CT molecular complexity index is 636. The molecule has 1 aliphatic rings. The number of carbonyl (C=O) groups is 1. The van der Waals surface area contributed by atoms with Gasteiger partial charge < -0.3 is 4.74 Å². The number of aromatic nitrogens is 3. The number of benzene rings is 1. The zero-order chi connectivity index (χ0) is 14.1. The molecule has 1 aromatic heterocycles. The Morgan fingerprint density at radius 3 is 3.10 bits per heavy atom. The highest BCUT2D eigenvalue weighted by Gasteiger charge is 2.47. The van der Waals surface area contributed by atoms with Crippen molar-refractivity contribution in [3.05, 3.63) is 35.7 Å². The average molecular weight is 271 g/mol. The number of nitrogens with zero attached hydrogens (tertiary/aromatic N) is 2. The Kier molecular flexibility index (Phi) is 3.26. The number of aryl methyl sites for hydroxylation is 1. The average Bonchev–Trinajstić information content (AvgIpc) is 3.09. The highest BCUT2D eigenvalue weighted by atomic mass is 16.5. The van der Waals surface area contributed by atoms with E-state index in [4.69, 9.17) is 4.74 Å². The maximum atomic E-state index is 11.6. The molecule has 2 aromatic rings. The molecule has 0 unspecified atom stereocenters. The fraction of sp³-hybridized carbons (Fsp3) is 0.400. The van der Waals surface area contributed by atoms with Crippen LogP contribution in [0.15, 0.2) is 24.3 Å². The highest BCUT2D eigenvalue weighted by molar-refractivity contribution is 5.77. The van der Waals surface area contributed by atoms with Crippen molar-refractivity contribution < 1.29 is 9.53 Å². The van der Waals surface area contributed by atoms with E-state index in [-0.39, 0.29) is 17.8 Å². The summed E-state index contributed by atoms with van der Waals surface area (Å²) in [7, 11) is 0. The van der Waals surface area contributed by atoms with Crippen LogP contribution >= 0.6 is 0 Å². The van der Waals surface area contributed by atoms with E-state index < -0.39 is 0 Å². The van der Waals surface area contributed by atoms with Gasteiger partial charge in [0.1, 0.15) is 5.82 Å². The number of nitrogens with one attached hydrogen (secondary N) is 1. The summed E-state index contributed by atoms with van der Waals surface area (Å²) >= 11 is 0. The lowest BCUT2D eigenvalue weighted by Crippen LogP contribution is -2.07. The number of hydrogen-bond acceptors (Lipinski definition) is 4. The minimum absolute atomic E-state index is 0.0618. The first-order valence-electron chi connectivity index (χ1n) is 6.85. The monoisotopic (exact) mass is 271 g/mol. The summed E-state index contributed by atoms with van der Waals surface area (Å²) < 4.78 is 5.02. The van der Waals surface area contributed by atoms with Crippen molar-refractivity contribution >= 4 is 5.97 Å². The van der Waals surface area contributed by atoms with Gasteiger partial charge in [-0.2, -0.15) is 5.10 Å². The van der Waals surface area contributed by atoms with E-state index in [2.05, 4.69) is 15.2 Å². The first kappa shape index (κ1) is 12.8. The van der Waals surface area contributed by atoms with Crippen molar-refractivity contribution in [1.29, 1.82) is 0 Å². The van der Waals surface area contributed by atoms with Crippen molar-refractivity contribution in [1.82, 2.24) is 15.2 Å². The third-order valence-electron chi connectivity index (χ3n) is 3.51. The topological polar surface area (TPSA) is 67.9 Å². The second-order valence-electron chi connectivity index (χ2n) is 5.11. The number of esters is 1.